The van der Waals surface area contributed by atoms with Gasteiger partial charge < -0.3 is 19.6 Å². The fourth-order valence-electron chi connectivity index (χ4n) is 4.21. The van der Waals surface area contributed by atoms with Crippen LogP contribution < -0.4 is 9.64 Å². The molecule has 0 radical (unpaired) electrons. The van der Waals surface area contributed by atoms with Crippen LogP contribution >= 0.6 is 0 Å². The lowest BCUT2D eigenvalue weighted by Gasteiger charge is -2.23. The smallest absolute Gasteiger partial charge is 0.213 e. The highest BCUT2D eigenvalue weighted by molar-refractivity contribution is 5.72. The summed E-state index contributed by atoms with van der Waals surface area (Å²) in [4.78, 5) is 8.84. The largest absolute Gasteiger partial charge is 0.472 e. The van der Waals surface area contributed by atoms with E-state index in [4.69, 9.17) is 4.74 Å². The number of aromatic nitrogens is 1. The third kappa shape index (κ3) is 5.06. The van der Waals surface area contributed by atoms with E-state index in [0.717, 1.165) is 48.4 Å². The van der Waals surface area contributed by atoms with Crippen LogP contribution in [0.3, 0.4) is 0 Å². The van der Waals surface area contributed by atoms with Crippen molar-refractivity contribution in [3.63, 3.8) is 0 Å². The third-order valence-electron chi connectivity index (χ3n) is 5.72. The van der Waals surface area contributed by atoms with E-state index in [1.54, 1.807) is 0 Å². The second kappa shape index (κ2) is 9.50. The maximum atomic E-state index is 10.1. The molecule has 1 atom stereocenters. The molecule has 0 saturated carbocycles. The van der Waals surface area contributed by atoms with E-state index in [9.17, 15) is 5.11 Å². The van der Waals surface area contributed by atoms with E-state index >= 15 is 0 Å². The Balaban J connectivity index is 1.52. The Morgan fingerprint density at radius 3 is 2.68 bits per heavy atom. The van der Waals surface area contributed by atoms with Crippen LogP contribution in [0.5, 0.6) is 5.88 Å². The Labute approximate surface area is 184 Å². The molecular weight excluding hydrogens is 386 g/mol. The van der Waals surface area contributed by atoms with Crippen LogP contribution in [0, 0.1) is 6.92 Å². The summed E-state index contributed by atoms with van der Waals surface area (Å²) in [6.45, 7) is 4.61. The van der Waals surface area contributed by atoms with Gasteiger partial charge in [0.15, 0.2) is 0 Å². The molecule has 31 heavy (non-hydrogen) atoms. The van der Waals surface area contributed by atoms with Crippen LogP contribution in [-0.4, -0.2) is 48.3 Å². The minimum atomic E-state index is 0.0144. The molecule has 4 rings (SSSR count). The number of aliphatic hydroxyl groups excluding tert-OH is 1. The first kappa shape index (κ1) is 21.3. The van der Waals surface area contributed by atoms with Crippen molar-refractivity contribution >= 4 is 5.69 Å². The number of hydrogen-bond donors (Lipinski definition) is 1. The number of rotatable bonds is 7. The zero-order valence-corrected chi connectivity index (χ0v) is 18.6. The number of ether oxygens (including phenoxy) is 1. The van der Waals surface area contributed by atoms with Crippen molar-refractivity contribution < 1.29 is 9.84 Å². The topological polar surface area (TPSA) is 48.8 Å². The highest BCUT2D eigenvalue weighted by Gasteiger charge is 2.26. The summed E-state index contributed by atoms with van der Waals surface area (Å²) in [6, 6.07) is 18.9. The van der Waals surface area contributed by atoms with Gasteiger partial charge in [-0.25, -0.2) is 4.98 Å². The summed E-state index contributed by atoms with van der Waals surface area (Å²) in [5, 5.41) is 10.1. The SMILES string of the molecule is Cc1ccc(O[C@H]2CCN(c3ccc(-c4ccccc4CN(C)C)cc3CO)C2)nc1. The van der Waals surface area contributed by atoms with Gasteiger partial charge in [0, 0.05) is 43.0 Å². The van der Waals surface area contributed by atoms with Gasteiger partial charge in [0.05, 0.1) is 13.2 Å². The lowest BCUT2D eigenvalue weighted by Crippen LogP contribution is -2.25. The zero-order chi connectivity index (χ0) is 21.8. The molecule has 0 unspecified atom stereocenters. The van der Waals surface area contributed by atoms with Crippen molar-refractivity contribution in [2.24, 2.45) is 0 Å². The van der Waals surface area contributed by atoms with Crippen molar-refractivity contribution in [3.05, 3.63) is 77.5 Å². The molecule has 1 fully saturated rings. The number of aliphatic hydroxyl groups is 1. The molecule has 0 bridgehead atoms. The van der Waals surface area contributed by atoms with Crippen LogP contribution in [0.1, 0.15) is 23.1 Å². The Morgan fingerprint density at radius 2 is 1.94 bits per heavy atom. The molecule has 0 spiro atoms. The Bertz CT molecular complexity index is 1020. The van der Waals surface area contributed by atoms with Crippen LogP contribution in [0.15, 0.2) is 60.8 Å². The molecule has 3 aromatic rings. The molecule has 1 aliphatic rings. The molecule has 1 aromatic heterocycles. The number of benzene rings is 2. The van der Waals surface area contributed by atoms with Crippen molar-refractivity contribution in [1.29, 1.82) is 0 Å². The normalized spacial score (nSPS) is 16.2. The molecule has 5 heteroatoms. The number of anilines is 1. The van der Waals surface area contributed by atoms with Crippen molar-refractivity contribution in [1.82, 2.24) is 9.88 Å². The summed E-state index contributed by atoms with van der Waals surface area (Å²) < 4.78 is 6.08. The molecule has 1 aliphatic heterocycles. The van der Waals surface area contributed by atoms with Crippen molar-refractivity contribution in [2.75, 3.05) is 32.1 Å². The maximum absolute atomic E-state index is 10.1. The van der Waals surface area contributed by atoms with Gasteiger partial charge in [0.2, 0.25) is 5.88 Å². The third-order valence-corrected chi connectivity index (χ3v) is 5.72. The number of hydrogen-bond acceptors (Lipinski definition) is 5. The first-order valence-electron chi connectivity index (χ1n) is 10.8. The van der Waals surface area contributed by atoms with Crippen LogP contribution in [-0.2, 0) is 13.2 Å². The summed E-state index contributed by atoms with van der Waals surface area (Å²) in [5.74, 6) is 0.674. The highest BCUT2D eigenvalue weighted by Crippen LogP contribution is 2.32. The molecule has 2 aromatic carbocycles. The van der Waals surface area contributed by atoms with E-state index in [-0.39, 0.29) is 12.7 Å². The first-order valence-corrected chi connectivity index (χ1v) is 10.8. The Morgan fingerprint density at radius 1 is 1.10 bits per heavy atom. The lowest BCUT2D eigenvalue weighted by atomic mass is 9.97. The molecule has 1 N–H and O–H groups in total. The van der Waals surface area contributed by atoms with E-state index in [1.807, 2.05) is 25.3 Å². The van der Waals surface area contributed by atoms with Crippen molar-refractivity contribution in [2.45, 2.75) is 32.6 Å². The van der Waals surface area contributed by atoms with Gasteiger partial charge in [-0.05, 0) is 55.4 Å². The zero-order valence-electron chi connectivity index (χ0n) is 18.6. The van der Waals surface area contributed by atoms with Gasteiger partial charge >= 0.3 is 0 Å². The second-order valence-electron chi connectivity index (χ2n) is 8.54. The lowest BCUT2D eigenvalue weighted by molar-refractivity contribution is 0.215. The monoisotopic (exact) mass is 417 g/mol. The summed E-state index contributed by atoms with van der Waals surface area (Å²) in [6.07, 6.45) is 2.87. The van der Waals surface area contributed by atoms with Gasteiger partial charge in [-0.1, -0.05) is 36.4 Å². The fourth-order valence-corrected chi connectivity index (χ4v) is 4.21. The van der Waals surface area contributed by atoms with E-state index in [0.29, 0.717) is 5.88 Å². The summed E-state index contributed by atoms with van der Waals surface area (Å²) in [7, 11) is 4.16. The standard InChI is InChI=1S/C26H31N3O2/c1-19-8-11-26(27-15-19)31-23-12-13-29(17-23)25-10-9-20(14-22(25)18-30)24-7-5-4-6-21(24)16-28(2)3/h4-11,14-15,23,30H,12-13,16-18H2,1-3H3/t23-/m0/s1. The molecule has 5 nitrogen and oxygen atoms in total. The molecule has 162 valence electrons. The summed E-state index contributed by atoms with van der Waals surface area (Å²) >= 11 is 0. The van der Waals surface area contributed by atoms with Gasteiger partial charge in [-0.3, -0.25) is 0 Å². The van der Waals surface area contributed by atoms with Crippen molar-refractivity contribution in [3.8, 4) is 17.0 Å². The van der Waals surface area contributed by atoms with Gasteiger partial charge in [0.25, 0.3) is 0 Å². The molecule has 0 aliphatic carbocycles. The Kier molecular flexibility index (Phi) is 6.54. The van der Waals surface area contributed by atoms with E-state index < -0.39 is 0 Å². The minimum Gasteiger partial charge on any atom is -0.472 e. The van der Waals surface area contributed by atoms with Crippen LogP contribution in [0.4, 0.5) is 5.69 Å². The number of nitrogens with zero attached hydrogens (tertiary/aromatic N) is 3. The number of pyridine rings is 1. The molecule has 0 amide bonds. The maximum Gasteiger partial charge on any atom is 0.213 e. The predicted molar refractivity (Wildman–Crippen MR) is 125 cm³/mol. The summed E-state index contributed by atoms with van der Waals surface area (Å²) in [5.41, 5.74) is 6.79. The first-order chi connectivity index (χ1) is 15.0. The van der Waals surface area contributed by atoms with Crippen LogP contribution in [0.25, 0.3) is 11.1 Å². The number of aryl methyl sites for hydroxylation is 1. The fraction of sp³-hybridized carbons (Fsp3) is 0.346. The van der Waals surface area contributed by atoms with E-state index in [2.05, 4.69) is 71.3 Å². The van der Waals surface area contributed by atoms with Gasteiger partial charge in [-0.15, -0.1) is 0 Å². The highest BCUT2D eigenvalue weighted by atomic mass is 16.5. The molecule has 2 heterocycles. The minimum absolute atomic E-state index is 0.0144. The van der Waals surface area contributed by atoms with Gasteiger partial charge in [0.1, 0.15) is 6.10 Å². The quantitative estimate of drug-likeness (QED) is 0.622. The average molecular weight is 418 g/mol. The van der Waals surface area contributed by atoms with Gasteiger partial charge in [-0.2, -0.15) is 0 Å². The average Bonchev–Trinajstić information content (AvgIpc) is 3.23. The Hall–Kier alpha value is -2.89. The predicted octanol–water partition coefficient (Wildman–Crippen LogP) is 4.27. The van der Waals surface area contributed by atoms with E-state index in [1.165, 1.54) is 11.1 Å². The molecular formula is C26H31N3O2. The second-order valence-corrected chi connectivity index (χ2v) is 8.54. The molecule has 1 saturated heterocycles. The van der Waals surface area contributed by atoms with Crippen LogP contribution in [0.2, 0.25) is 0 Å².